The Balaban J connectivity index is 2.32. The number of halogens is 2. The Morgan fingerprint density at radius 2 is 1.93 bits per heavy atom. The number of rotatable bonds is 8. The minimum absolute atomic E-state index is 0.0871. The van der Waals surface area contributed by atoms with E-state index in [-0.39, 0.29) is 5.41 Å². The first-order chi connectivity index (χ1) is 13.6. The van der Waals surface area contributed by atoms with E-state index in [1.165, 1.54) is 42.1 Å². The number of alkyl halides is 2. The molecule has 3 nitrogen and oxygen atoms in total. The lowest BCUT2D eigenvalue weighted by molar-refractivity contribution is 0.171. The fraction of sp³-hybridized carbons (Fsp3) is 0.708. The predicted octanol–water partition coefficient (Wildman–Crippen LogP) is 6.89. The molecular formula is C24H38I2N2O. The molecule has 0 saturated heterocycles. The topological polar surface area (TPSA) is 35.8 Å². The molecule has 3 unspecified atom stereocenters. The monoisotopic (exact) mass is 624 g/mol. The van der Waals surface area contributed by atoms with Gasteiger partial charge in [0.25, 0.3) is 0 Å². The van der Waals surface area contributed by atoms with Gasteiger partial charge in [-0.3, -0.25) is 9.89 Å². The van der Waals surface area contributed by atoms with E-state index in [0.29, 0.717) is 21.9 Å². The van der Waals surface area contributed by atoms with Crippen LogP contribution in [-0.2, 0) is 11.8 Å². The second kappa shape index (κ2) is 11.7. The second-order valence-corrected chi connectivity index (χ2v) is 12.3. The van der Waals surface area contributed by atoms with Crippen molar-refractivity contribution < 1.29 is 5.11 Å². The zero-order valence-electron chi connectivity index (χ0n) is 18.7. The Morgan fingerprint density at radius 3 is 2.55 bits per heavy atom. The highest BCUT2D eigenvalue weighted by Gasteiger charge is 2.29. The molecule has 1 fully saturated rings. The highest BCUT2D eigenvalue weighted by Crippen LogP contribution is 2.35. The number of aromatic hydroxyl groups is 1. The van der Waals surface area contributed by atoms with Crippen LogP contribution in [0.2, 0.25) is 0 Å². The van der Waals surface area contributed by atoms with E-state index in [4.69, 9.17) is 4.99 Å². The van der Waals surface area contributed by atoms with Crippen LogP contribution in [0.4, 0.5) is 0 Å². The molecule has 5 heteroatoms. The van der Waals surface area contributed by atoms with E-state index in [9.17, 15) is 5.11 Å². The van der Waals surface area contributed by atoms with Gasteiger partial charge in [-0.25, -0.2) is 0 Å². The zero-order valence-corrected chi connectivity index (χ0v) is 23.0. The van der Waals surface area contributed by atoms with Gasteiger partial charge in [-0.15, -0.1) is 0 Å². The van der Waals surface area contributed by atoms with E-state index in [0.717, 1.165) is 24.0 Å². The number of hydrogen-bond acceptors (Lipinski definition) is 3. The first-order valence-electron chi connectivity index (χ1n) is 11.0. The molecule has 1 aliphatic rings. The Kier molecular flexibility index (Phi) is 10.2. The molecule has 29 heavy (non-hydrogen) atoms. The van der Waals surface area contributed by atoms with Crippen molar-refractivity contribution >= 4 is 51.4 Å². The number of nitrogens with zero attached hydrogens (tertiary/aromatic N) is 2. The molecule has 0 heterocycles. The first-order valence-corrected chi connectivity index (χ1v) is 13.7. The number of likely N-dealkylation sites (N-methyl/N-ethyl adjacent to an activating group) is 1. The minimum Gasteiger partial charge on any atom is -0.507 e. The van der Waals surface area contributed by atoms with E-state index >= 15 is 0 Å². The van der Waals surface area contributed by atoms with Gasteiger partial charge >= 0.3 is 0 Å². The van der Waals surface area contributed by atoms with Crippen molar-refractivity contribution in [2.24, 2.45) is 4.99 Å². The third-order valence-electron chi connectivity index (χ3n) is 6.04. The standard InChI is InChI=1S/C24H38I2N2O/c1-17(26)28(5)22-12-7-6-11-21(22)27-16-19-14-18(10-8-9-13-25)15-20(23(19)29)24(2,3)4/h14-17,21-22,29H,6-13H2,1-5H3/b27-16+. The van der Waals surface area contributed by atoms with Gasteiger partial charge < -0.3 is 5.11 Å². The van der Waals surface area contributed by atoms with Gasteiger partial charge in [0, 0.05) is 23.4 Å². The van der Waals surface area contributed by atoms with Crippen LogP contribution in [0.5, 0.6) is 5.75 Å². The van der Waals surface area contributed by atoms with Crippen molar-refractivity contribution in [2.45, 2.75) is 94.2 Å². The summed E-state index contributed by atoms with van der Waals surface area (Å²) in [5.41, 5.74) is 3.15. The SMILES string of the molecule is CC(I)N(C)C1CCCCC1/N=C/c1cc(CCCCI)cc(C(C)(C)C)c1O. The van der Waals surface area contributed by atoms with E-state index < -0.39 is 0 Å². The van der Waals surface area contributed by atoms with Crippen LogP contribution in [0.15, 0.2) is 17.1 Å². The molecule has 1 N–H and O–H groups in total. The summed E-state index contributed by atoms with van der Waals surface area (Å²) in [5.74, 6) is 0.405. The molecule has 2 rings (SSSR count). The molecule has 0 bridgehead atoms. The summed E-state index contributed by atoms with van der Waals surface area (Å²) in [6.07, 6.45) is 10.3. The molecule has 0 aromatic heterocycles. The van der Waals surface area contributed by atoms with Crippen molar-refractivity contribution in [3.63, 3.8) is 0 Å². The lowest BCUT2D eigenvalue weighted by atomic mass is 9.83. The number of aryl methyl sites for hydroxylation is 1. The van der Waals surface area contributed by atoms with Gasteiger partial charge in [-0.1, -0.05) is 84.9 Å². The maximum atomic E-state index is 11.0. The molecular weight excluding hydrogens is 586 g/mol. The number of unbranched alkanes of at least 4 members (excludes halogenated alkanes) is 1. The van der Waals surface area contributed by atoms with Crippen molar-refractivity contribution in [1.29, 1.82) is 0 Å². The van der Waals surface area contributed by atoms with Crippen LogP contribution < -0.4 is 0 Å². The van der Waals surface area contributed by atoms with Crippen LogP contribution in [0.25, 0.3) is 0 Å². The van der Waals surface area contributed by atoms with E-state index in [2.05, 4.69) is 97.0 Å². The summed E-state index contributed by atoms with van der Waals surface area (Å²) in [7, 11) is 2.22. The fourth-order valence-corrected chi connectivity index (χ4v) is 5.09. The van der Waals surface area contributed by atoms with Crippen LogP contribution >= 0.6 is 45.2 Å². The summed E-state index contributed by atoms with van der Waals surface area (Å²) < 4.78 is 1.69. The minimum atomic E-state index is -0.0871. The van der Waals surface area contributed by atoms with Crippen LogP contribution in [0.1, 0.15) is 82.9 Å². The van der Waals surface area contributed by atoms with Gasteiger partial charge in [0.2, 0.25) is 0 Å². The third-order valence-corrected chi connectivity index (χ3v) is 7.68. The molecule has 1 aromatic carbocycles. The molecule has 0 radical (unpaired) electrons. The van der Waals surface area contributed by atoms with Crippen LogP contribution in [0, 0.1) is 0 Å². The Morgan fingerprint density at radius 1 is 1.24 bits per heavy atom. The van der Waals surface area contributed by atoms with Gasteiger partial charge in [-0.2, -0.15) is 0 Å². The van der Waals surface area contributed by atoms with E-state index in [1.54, 1.807) is 0 Å². The first kappa shape index (κ1) is 25.4. The maximum Gasteiger partial charge on any atom is 0.128 e. The van der Waals surface area contributed by atoms with Gasteiger partial charge in [0.15, 0.2) is 0 Å². The Labute approximate surface area is 205 Å². The summed E-state index contributed by atoms with van der Waals surface area (Å²) in [6, 6.07) is 5.16. The molecule has 0 amide bonds. The summed E-state index contributed by atoms with van der Waals surface area (Å²) >= 11 is 4.94. The number of benzene rings is 1. The number of hydrogen-bond donors (Lipinski definition) is 1. The smallest absolute Gasteiger partial charge is 0.128 e. The second-order valence-electron chi connectivity index (χ2n) is 9.41. The van der Waals surface area contributed by atoms with Gasteiger partial charge in [0.05, 0.1) is 10.1 Å². The third kappa shape index (κ3) is 7.34. The largest absolute Gasteiger partial charge is 0.507 e. The highest BCUT2D eigenvalue weighted by atomic mass is 127. The van der Waals surface area contributed by atoms with Gasteiger partial charge in [0.1, 0.15) is 5.75 Å². The van der Waals surface area contributed by atoms with Crippen molar-refractivity contribution in [3.05, 3.63) is 28.8 Å². The predicted molar refractivity (Wildman–Crippen MR) is 144 cm³/mol. The number of aliphatic imine (C=N–C) groups is 1. The van der Waals surface area contributed by atoms with Gasteiger partial charge in [-0.05, 0) is 67.5 Å². The highest BCUT2D eigenvalue weighted by molar-refractivity contribution is 14.1. The lowest BCUT2D eigenvalue weighted by Gasteiger charge is -2.37. The van der Waals surface area contributed by atoms with Crippen LogP contribution in [0.3, 0.4) is 0 Å². The molecule has 1 aliphatic carbocycles. The molecule has 1 saturated carbocycles. The summed E-state index contributed by atoms with van der Waals surface area (Å²) in [5, 5.41) is 11.0. The molecule has 1 aromatic rings. The molecule has 3 atom stereocenters. The Bertz CT molecular complexity index is 682. The van der Waals surface area contributed by atoms with Crippen LogP contribution in [-0.4, -0.2) is 43.8 Å². The molecule has 0 aliphatic heterocycles. The number of phenolic OH excluding ortho intramolecular Hbond substituents is 1. The van der Waals surface area contributed by atoms with Crippen molar-refractivity contribution in [2.75, 3.05) is 11.5 Å². The fourth-order valence-electron chi connectivity index (χ4n) is 4.14. The normalized spacial score (nSPS) is 21.8. The Hall–Kier alpha value is 0.110. The maximum absolute atomic E-state index is 11.0. The molecule has 164 valence electrons. The van der Waals surface area contributed by atoms with E-state index in [1.807, 2.05) is 6.21 Å². The zero-order chi connectivity index (χ0) is 21.6. The van der Waals surface area contributed by atoms with Crippen molar-refractivity contribution in [3.8, 4) is 5.75 Å². The average Bonchev–Trinajstić information content (AvgIpc) is 2.66. The quantitative estimate of drug-likeness (QED) is 0.113. The van der Waals surface area contributed by atoms with Crippen molar-refractivity contribution in [1.82, 2.24) is 4.90 Å². The summed E-state index contributed by atoms with van der Waals surface area (Å²) in [4.78, 5) is 7.49. The average molecular weight is 624 g/mol. The lowest BCUT2D eigenvalue weighted by Crippen LogP contribution is -2.44. The molecule has 0 spiro atoms. The summed E-state index contributed by atoms with van der Waals surface area (Å²) in [6.45, 7) is 8.76. The number of phenols is 1.